The first-order valence-corrected chi connectivity index (χ1v) is 7.18. The molecule has 1 aromatic rings. The highest BCUT2D eigenvalue weighted by Crippen LogP contribution is 2.21. The highest BCUT2D eigenvalue weighted by molar-refractivity contribution is 7.91. The van der Waals surface area contributed by atoms with E-state index < -0.39 is 10.0 Å². The van der Waals surface area contributed by atoms with Crippen LogP contribution in [0.1, 0.15) is 11.8 Å². The molecule has 4 nitrogen and oxygen atoms in total. The van der Waals surface area contributed by atoms with Gasteiger partial charge in [0.1, 0.15) is 4.21 Å². The summed E-state index contributed by atoms with van der Waals surface area (Å²) in [5.41, 5.74) is 6.19. The first kappa shape index (κ1) is 13.4. The van der Waals surface area contributed by atoms with Gasteiger partial charge in [-0.05, 0) is 32.0 Å². The highest BCUT2D eigenvalue weighted by atomic mass is 32.2. The fourth-order valence-corrected chi connectivity index (χ4v) is 3.58. The van der Waals surface area contributed by atoms with E-state index >= 15 is 0 Å². The number of hydrogen-bond donors (Lipinski definition) is 2. The van der Waals surface area contributed by atoms with Crippen molar-refractivity contribution in [2.24, 2.45) is 5.73 Å². The smallest absolute Gasteiger partial charge is 0.250 e. The van der Waals surface area contributed by atoms with Gasteiger partial charge in [0.15, 0.2) is 0 Å². The molecule has 0 aliphatic carbocycles. The largest absolute Gasteiger partial charge is 0.330 e. The topological polar surface area (TPSA) is 72.2 Å². The van der Waals surface area contributed by atoms with Crippen LogP contribution in [-0.4, -0.2) is 21.5 Å². The van der Waals surface area contributed by atoms with Crippen LogP contribution < -0.4 is 10.5 Å². The molecule has 0 unspecified atom stereocenters. The van der Waals surface area contributed by atoms with E-state index in [1.807, 2.05) is 0 Å². The molecule has 0 saturated heterocycles. The Hall–Kier alpha value is -0.690. The average molecular weight is 260 g/mol. The van der Waals surface area contributed by atoms with Gasteiger partial charge in [0.05, 0.1) is 0 Å². The van der Waals surface area contributed by atoms with E-state index in [1.54, 1.807) is 19.1 Å². The van der Waals surface area contributed by atoms with Gasteiger partial charge in [0, 0.05) is 11.4 Å². The summed E-state index contributed by atoms with van der Waals surface area (Å²) < 4.78 is 26.4. The van der Waals surface area contributed by atoms with E-state index in [9.17, 15) is 8.42 Å². The van der Waals surface area contributed by atoms with Crippen LogP contribution in [0.4, 0.5) is 0 Å². The molecule has 0 aromatic carbocycles. The summed E-state index contributed by atoms with van der Waals surface area (Å²) >= 11 is 1.26. The summed E-state index contributed by atoms with van der Waals surface area (Å²) in [5, 5.41) is 0. The van der Waals surface area contributed by atoms with Crippen molar-refractivity contribution < 1.29 is 8.42 Å². The molecule has 0 atom stereocenters. The molecule has 0 aliphatic rings. The van der Waals surface area contributed by atoms with Crippen LogP contribution in [0.5, 0.6) is 0 Å². The molecule has 0 radical (unpaired) electrons. The predicted molar refractivity (Wildman–Crippen MR) is 67.1 cm³/mol. The Kier molecular flexibility index (Phi) is 4.67. The first-order valence-electron chi connectivity index (χ1n) is 4.88. The maximum atomic E-state index is 11.8. The van der Waals surface area contributed by atoms with Crippen LogP contribution in [0.15, 0.2) is 28.5 Å². The lowest BCUT2D eigenvalue weighted by Crippen LogP contribution is -2.24. The fraction of sp³-hybridized carbons (Fsp3) is 0.400. The van der Waals surface area contributed by atoms with Gasteiger partial charge < -0.3 is 5.73 Å². The summed E-state index contributed by atoms with van der Waals surface area (Å²) in [5.74, 6) is 0. The molecule has 1 heterocycles. The Labute approximate surface area is 100 Å². The molecule has 90 valence electrons. The number of nitrogens with one attached hydrogen (secondary N) is 1. The maximum Gasteiger partial charge on any atom is 0.250 e. The van der Waals surface area contributed by atoms with E-state index in [0.29, 0.717) is 17.2 Å². The third-order valence-corrected chi connectivity index (χ3v) is 4.89. The van der Waals surface area contributed by atoms with Gasteiger partial charge in [0.25, 0.3) is 0 Å². The molecular weight excluding hydrogens is 244 g/mol. The second-order valence-electron chi connectivity index (χ2n) is 3.54. The van der Waals surface area contributed by atoms with Crippen molar-refractivity contribution in [3.8, 4) is 0 Å². The molecule has 16 heavy (non-hydrogen) atoms. The van der Waals surface area contributed by atoms with E-state index in [-0.39, 0.29) is 6.54 Å². The van der Waals surface area contributed by atoms with Crippen LogP contribution in [0.25, 0.3) is 0 Å². The molecule has 6 heteroatoms. The molecule has 0 aliphatic heterocycles. The minimum absolute atomic E-state index is 0.270. The molecule has 1 aromatic heterocycles. The van der Waals surface area contributed by atoms with Crippen LogP contribution in [-0.2, 0) is 16.4 Å². The van der Waals surface area contributed by atoms with Crippen molar-refractivity contribution in [2.45, 2.75) is 17.6 Å². The van der Waals surface area contributed by atoms with Crippen molar-refractivity contribution in [3.05, 3.63) is 29.2 Å². The summed E-state index contributed by atoms with van der Waals surface area (Å²) in [6.07, 6.45) is 0.709. The predicted octanol–water partition coefficient (Wildman–Crippen LogP) is 1.10. The number of sulfonamides is 1. The lowest BCUT2D eigenvalue weighted by Gasteiger charge is -2.03. The van der Waals surface area contributed by atoms with E-state index in [2.05, 4.69) is 11.3 Å². The molecule has 0 bridgehead atoms. The van der Waals surface area contributed by atoms with Gasteiger partial charge in [0.2, 0.25) is 10.0 Å². The SMILES string of the molecule is C=C(C)CNS(=O)(=O)c1ccc(CCN)s1. The number of rotatable bonds is 6. The molecular formula is C10H16N2O2S2. The van der Waals surface area contributed by atoms with E-state index in [4.69, 9.17) is 5.73 Å². The fourth-order valence-electron chi connectivity index (χ4n) is 1.07. The second kappa shape index (κ2) is 5.58. The van der Waals surface area contributed by atoms with Crippen LogP contribution in [0.2, 0.25) is 0 Å². The third kappa shape index (κ3) is 3.71. The Morgan fingerprint density at radius 2 is 2.25 bits per heavy atom. The molecule has 0 fully saturated rings. The molecule has 1 rings (SSSR count). The van der Waals surface area contributed by atoms with E-state index in [0.717, 1.165) is 10.5 Å². The quantitative estimate of drug-likeness (QED) is 0.752. The number of nitrogens with two attached hydrogens (primary N) is 1. The zero-order chi connectivity index (χ0) is 12.2. The van der Waals surface area contributed by atoms with Crippen molar-refractivity contribution in [3.63, 3.8) is 0 Å². The molecule has 0 amide bonds. The number of hydrogen-bond acceptors (Lipinski definition) is 4. The minimum atomic E-state index is -3.39. The van der Waals surface area contributed by atoms with Gasteiger partial charge in [-0.1, -0.05) is 12.2 Å². The number of thiophene rings is 1. The Morgan fingerprint density at radius 1 is 1.56 bits per heavy atom. The normalized spacial score (nSPS) is 11.6. The van der Waals surface area contributed by atoms with Crippen LogP contribution in [0.3, 0.4) is 0 Å². The lowest BCUT2D eigenvalue weighted by atomic mass is 10.3. The van der Waals surface area contributed by atoms with Crippen molar-refractivity contribution >= 4 is 21.4 Å². The highest BCUT2D eigenvalue weighted by Gasteiger charge is 2.15. The van der Waals surface area contributed by atoms with Crippen LogP contribution >= 0.6 is 11.3 Å². The van der Waals surface area contributed by atoms with E-state index in [1.165, 1.54) is 11.3 Å². The third-order valence-electron chi connectivity index (χ3n) is 1.86. The Balaban J connectivity index is 2.77. The van der Waals surface area contributed by atoms with Gasteiger partial charge in [-0.2, -0.15) is 0 Å². The summed E-state index contributed by atoms with van der Waals surface area (Å²) in [6.45, 7) is 6.22. The Morgan fingerprint density at radius 3 is 2.81 bits per heavy atom. The molecule has 0 spiro atoms. The molecule has 3 N–H and O–H groups in total. The monoisotopic (exact) mass is 260 g/mol. The van der Waals surface area contributed by atoms with Crippen molar-refractivity contribution in [1.82, 2.24) is 4.72 Å². The summed E-state index contributed by atoms with van der Waals surface area (Å²) in [4.78, 5) is 0.984. The van der Waals surface area contributed by atoms with Gasteiger partial charge in [-0.25, -0.2) is 13.1 Å². The van der Waals surface area contributed by atoms with Crippen LogP contribution in [0, 0.1) is 0 Å². The second-order valence-corrected chi connectivity index (χ2v) is 6.70. The standard InChI is InChI=1S/C10H16N2O2S2/c1-8(2)7-12-16(13,14)10-4-3-9(15-10)5-6-11/h3-4,12H,1,5-7,11H2,2H3. The van der Waals surface area contributed by atoms with Crippen molar-refractivity contribution in [2.75, 3.05) is 13.1 Å². The minimum Gasteiger partial charge on any atom is -0.330 e. The first-order chi connectivity index (χ1) is 7.45. The lowest BCUT2D eigenvalue weighted by molar-refractivity contribution is 0.587. The van der Waals surface area contributed by atoms with Gasteiger partial charge >= 0.3 is 0 Å². The Bertz CT molecular complexity index is 463. The van der Waals surface area contributed by atoms with Gasteiger partial charge in [-0.3, -0.25) is 0 Å². The van der Waals surface area contributed by atoms with Gasteiger partial charge in [-0.15, -0.1) is 11.3 Å². The molecule has 0 saturated carbocycles. The maximum absolute atomic E-state index is 11.8. The summed E-state index contributed by atoms with van der Waals surface area (Å²) in [7, 11) is -3.39. The summed E-state index contributed by atoms with van der Waals surface area (Å²) in [6, 6.07) is 3.41. The zero-order valence-corrected chi connectivity index (χ0v) is 10.8. The average Bonchev–Trinajstić information content (AvgIpc) is 2.65. The van der Waals surface area contributed by atoms with Crippen molar-refractivity contribution in [1.29, 1.82) is 0 Å². The zero-order valence-electron chi connectivity index (χ0n) is 9.19.